The molecule has 0 saturated carbocycles. The third kappa shape index (κ3) is 1.33. The van der Waals surface area contributed by atoms with Gasteiger partial charge < -0.3 is 9.80 Å². The predicted octanol–water partition coefficient (Wildman–Crippen LogP) is 3.16. The SMILES string of the molecule is C=CC1C(C)c2ccccc2N2C=CN(C)C12. The van der Waals surface area contributed by atoms with Crippen molar-refractivity contribution < 1.29 is 0 Å². The van der Waals surface area contributed by atoms with Crippen molar-refractivity contribution >= 4 is 5.69 Å². The lowest BCUT2D eigenvalue weighted by Gasteiger charge is -2.44. The predicted molar refractivity (Wildman–Crippen MR) is 71.7 cm³/mol. The normalized spacial score (nSPS) is 30.1. The summed E-state index contributed by atoms with van der Waals surface area (Å²) < 4.78 is 0. The smallest absolute Gasteiger partial charge is 0.112 e. The first kappa shape index (κ1) is 10.5. The number of benzene rings is 1. The zero-order valence-corrected chi connectivity index (χ0v) is 10.4. The Morgan fingerprint density at radius 1 is 1.24 bits per heavy atom. The average Bonchev–Trinajstić information content (AvgIpc) is 2.73. The van der Waals surface area contributed by atoms with Gasteiger partial charge in [-0.1, -0.05) is 31.2 Å². The molecular weight excluding hydrogens is 208 g/mol. The monoisotopic (exact) mass is 226 g/mol. The minimum atomic E-state index is 0.386. The molecule has 0 aromatic heterocycles. The van der Waals surface area contributed by atoms with E-state index in [0.717, 1.165) is 0 Å². The van der Waals surface area contributed by atoms with E-state index in [2.05, 4.69) is 73.1 Å². The van der Waals surface area contributed by atoms with E-state index in [1.165, 1.54) is 11.3 Å². The third-order valence-corrected chi connectivity index (χ3v) is 4.06. The van der Waals surface area contributed by atoms with Crippen molar-refractivity contribution in [2.75, 3.05) is 11.9 Å². The molecule has 0 saturated heterocycles. The molecule has 88 valence electrons. The Balaban J connectivity index is 2.15. The van der Waals surface area contributed by atoms with E-state index in [9.17, 15) is 0 Å². The number of anilines is 1. The molecule has 1 aromatic rings. The van der Waals surface area contributed by atoms with Gasteiger partial charge in [-0.05, 0) is 17.5 Å². The van der Waals surface area contributed by atoms with Gasteiger partial charge >= 0.3 is 0 Å². The van der Waals surface area contributed by atoms with Gasteiger partial charge in [-0.2, -0.15) is 0 Å². The van der Waals surface area contributed by atoms with Crippen LogP contribution in [0.25, 0.3) is 0 Å². The fourth-order valence-electron chi connectivity index (χ4n) is 3.13. The molecule has 3 atom stereocenters. The molecule has 0 amide bonds. The summed E-state index contributed by atoms with van der Waals surface area (Å²) in [7, 11) is 2.14. The van der Waals surface area contributed by atoms with Gasteiger partial charge in [-0.25, -0.2) is 0 Å². The quantitative estimate of drug-likeness (QED) is 0.679. The summed E-state index contributed by atoms with van der Waals surface area (Å²) in [6.07, 6.45) is 6.81. The average molecular weight is 226 g/mol. The van der Waals surface area contributed by atoms with Gasteiger partial charge in [0.25, 0.3) is 0 Å². The second-order valence-electron chi connectivity index (χ2n) is 4.95. The van der Waals surface area contributed by atoms with E-state index in [1.54, 1.807) is 0 Å². The second-order valence-corrected chi connectivity index (χ2v) is 4.95. The molecule has 2 heterocycles. The Morgan fingerprint density at radius 2 is 2.00 bits per heavy atom. The molecule has 17 heavy (non-hydrogen) atoms. The molecule has 3 unspecified atom stereocenters. The molecule has 2 nitrogen and oxygen atoms in total. The summed E-state index contributed by atoms with van der Waals surface area (Å²) in [5.74, 6) is 0.984. The van der Waals surface area contributed by atoms with Crippen LogP contribution in [0.15, 0.2) is 49.3 Å². The molecule has 2 heteroatoms. The topological polar surface area (TPSA) is 6.48 Å². The fourth-order valence-corrected chi connectivity index (χ4v) is 3.13. The van der Waals surface area contributed by atoms with Gasteiger partial charge in [0, 0.05) is 31.1 Å². The molecule has 2 aliphatic heterocycles. The molecule has 3 rings (SSSR count). The highest BCUT2D eigenvalue weighted by Crippen LogP contribution is 2.44. The van der Waals surface area contributed by atoms with Crippen LogP contribution in [0.5, 0.6) is 0 Å². The zero-order valence-electron chi connectivity index (χ0n) is 10.4. The maximum Gasteiger partial charge on any atom is 0.112 e. The highest BCUT2D eigenvalue weighted by Gasteiger charge is 2.40. The Kier molecular flexibility index (Phi) is 2.25. The lowest BCUT2D eigenvalue weighted by Crippen LogP contribution is -2.47. The molecule has 1 aromatic carbocycles. The molecule has 0 aliphatic carbocycles. The van der Waals surface area contributed by atoms with Crippen LogP contribution < -0.4 is 4.90 Å². The van der Waals surface area contributed by atoms with E-state index in [0.29, 0.717) is 18.0 Å². The Hall–Kier alpha value is -1.70. The van der Waals surface area contributed by atoms with E-state index >= 15 is 0 Å². The minimum Gasteiger partial charge on any atom is -0.358 e. The van der Waals surface area contributed by atoms with Gasteiger partial charge in [-0.3, -0.25) is 0 Å². The standard InChI is InChI=1S/C15H18N2/c1-4-12-11(2)13-7-5-6-8-14(13)17-10-9-16(3)15(12)17/h4-12,15H,1H2,2-3H3. The van der Waals surface area contributed by atoms with E-state index < -0.39 is 0 Å². The largest absolute Gasteiger partial charge is 0.358 e. The summed E-state index contributed by atoms with van der Waals surface area (Å²) >= 11 is 0. The van der Waals surface area contributed by atoms with Crippen LogP contribution in [0.3, 0.4) is 0 Å². The summed E-state index contributed by atoms with van der Waals surface area (Å²) in [6.45, 7) is 6.32. The first-order chi connectivity index (χ1) is 8.24. The number of hydrogen-bond acceptors (Lipinski definition) is 2. The molecule has 2 aliphatic rings. The highest BCUT2D eigenvalue weighted by atomic mass is 15.4. The molecule has 0 N–H and O–H groups in total. The lowest BCUT2D eigenvalue weighted by molar-refractivity contribution is 0.257. The molecule has 0 spiro atoms. The maximum absolute atomic E-state index is 4.02. The summed E-state index contributed by atoms with van der Waals surface area (Å²) in [6, 6.07) is 8.68. The second kappa shape index (κ2) is 3.66. The van der Waals surface area contributed by atoms with Crippen LogP contribution in [-0.2, 0) is 0 Å². The number of fused-ring (bicyclic) bond motifs is 3. The fraction of sp³-hybridized carbons (Fsp3) is 0.333. The van der Waals surface area contributed by atoms with Crippen molar-refractivity contribution in [1.82, 2.24) is 4.90 Å². The summed E-state index contributed by atoms with van der Waals surface area (Å²) in [5.41, 5.74) is 2.76. The van der Waals surface area contributed by atoms with E-state index in [1.807, 2.05) is 0 Å². The number of nitrogens with zero attached hydrogens (tertiary/aromatic N) is 2. The highest BCUT2D eigenvalue weighted by molar-refractivity contribution is 5.62. The van der Waals surface area contributed by atoms with E-state index in [4.69, 9.17) is 0 Å². The first-order valence-electron chi connectivity index (χ1n) is 6.14. The zero-order chi connectivity index (χ0) is 12.0. The molecule has 0 bridgehead atoms. The lowest BCUT2D eigenvalue weighted by atomic mass is 9.80. The van der Waals surface area contributed by atoms with Crippen molar-refractivity contribution in [2.45, 2.75) is 19.0 Å². The number of rotatable bonds is 1. The van der Waals surface area contributed by atoms with Crippen molar-refractivity contribution in [2.24, 2.45) is 5.92 Å². The van der Waals surface area contributed by atoms with Crippen molar-refractivity contribution in [3.05, 3.63) is 54.9 Å². The molecule has 0 fully saturated rings. The van der Waals surface area contributed by atoms with Gasteiger partial charge in [0.15, 0.2) is 0 Å². The van der Waals surface area contributed by atoms with E-state index in [-0.39, 0.29) is 0 Å². The van der Waals surface area contributed by atoms with Crippen molar-refractivity contribution in [3.63, 3.8) is 0 Å². The van der Waals surface area contributed by atoms with Crippen LogP contribution in [0.4, 0.5) is 5.69 Å². The minimum absolute atomic E-state index is 0.386. The first-order valence-corrected chi connectivity index (χ1v) is 6.14. The Morgan fingerprint density at radius 3 is 2.76 bits per heavy atom. The van der Waals surface area contributed by atoms with Gasteiger partial charge in [0.2, 0.25) is 0 Å². The van der Waals surface area contributed by atoms with Crippen molar-refractivity contribution in [1.29, 1.82) is 0 Å². The molecular formula is C15H18N2. The summed E-state index contributed by atoms with van der Waals surface area (Å²) in [5, 5.41) is 0. The summed E-state index contributed by atoms with van der Waals surface area (Å²) in [4.78, 5) is 4.64. The van der Waals surface area contributed by atoms with Crippen LogP contribution >= 0.6 is 0 Å². The van der Waals surface area contributed by atoms with Crippen molar-refractivity contribution in [3.8, 4) is 0 Å². The third-order valence-electron chi connectivity index (χ3n) is 4.06. The van der Waals surface area contributed by atoms with Crippen LogP contribution in [0.1, 0.15) is 18.4 Å². The number of para-hydroxylation sites is 1. The van der Waals surface area contributed by atoms with Gasteiger partial charge in [0.1, 0.15) is 6.17 Å². The molecule has 0 radical (unpaired) electrons. The number of hydrogen-bond donors (Lipinski definition) is 0. The Bertz CT molecular complexity index is 478. The van der Waals surface area contributed by atoms with Crippen LogP contribution in [-0.4, -0.2) is 18.1 Å². The maximum atomic E-state index is 4.02. The van der Waals surface area contributed by atoms with Gasteiger partial charge in [-0.15, -0.1) is 6.58 Å². The van der Waals surface area contributed by atoms with Gasteiger partial charge in [0.05, 0.1) is 0 Å². The van der Waals surface area contributed by atoms with Crippen LogP contribution in [0, 0.1) is 5.92 Å². The Labute approximate surface area is 103 Å². The van der Waals surface area contributed by atoms with Crippen LogP contribution in [0.2, 0.25) is 0 Å².